The fourth-order valence-corrected chi connectivity index (χ4v) is 2.18. The molecule has 0 atom stereocenters. The number of nitrogens with zero attached hydrogens (tertiary/aromatic N) is 1. The van der Waals surface area contributed by atoms with Gasteiger partial charge >= 0.3 is 5.97 Å². The molecule has 1 amide bonds. The number of hydrogen-bond donors (Lipinski definition) is 1. The Balaban J connectivity index is 2.92. The van der Waals surface area contributed by atoms with Crippen molar-refractivity contribution in [2.75, 3.05) is 13.6 Å². The first-order valence-electron chi connectivity index (χ1n) is 6.56. The second kappa shape index (κ2) is 6.92. The van der Waals surface area contributed by atoms with Crippen LogP contribution in [0.3, 0.4) is 0 Å². The van der Waals surface area contributed by atoms with Crippen LogP contribution >= 0.6 is 0 Å². The lowest BCUT2D eigenvalue weighted by Gasteiger charge is -2.17. The van der Waals surface area contributed by atoms with Gasteiger partial charge in [-0.25, -0.2) is 0 Å². The molecule has 0 unspecified atom stereocenters. The number of rotatable bonds is 6. The van der Waals surface area contributed by atoms with Gasteiger partial charge in [-0.2, -0.15) is 0 Å². The van der Waals surface area contributed by atoms with E-state index in [9.17, 15) is 9.59 Å². The maximum absolute atomic E-state index is 12.1. The number of carbonyl (C=O) groups excluding carboxylic acids is 1. The van der Waals surface area contributed by atoms with Crippen LogP contribution < -0.4 is 0 Å². The van der Waals surface area contributed by atoms with Gasteiger partial charge in [0, 0.05) is 12.6 Å². The predicted molar refractivity (Wildman–Crippen MR) is 74.4 cm³/mol. The van der Waals surface area contributed by atoms with Crippen LogP contribution in [0.1, 0.15) is 48.5 Å². The molecule has 0 spiro atoms. The standard InChI is InChI=1S/C15H21NO3/c1-4-11(5-2)12-7-6-8-13(9-12)15(19)16(3)10-14(17)18/h6-9,11H,4-5,10H2,1-3H3,(H,17,18). The molecule has 0 bridgehead atoms. The summed E-state index contributed by atoms with van der Waals surface area (Å²) in [5.41, 5.74) is 1.69. The van der Waals surface area contributed by atoms with E-state index in [1.165, 1.54) is 11.9 Å². The second-order valence-electron chi connectivity index (χ2n) is 4.69. The van der Waals surface area contributed by atoms with E-state index < -0.39 is 5.97 Å². The number of likely N-dealkylation sites (N-methyl/N-ethyl adjacent to an activating group) is 1. The zero-order chi connectivity index (χ0) is 14.4. The number of carboxylic acids is 1. The van der Waals surface area contributed by atoms with Gasteiger partial charge in [-0.05, 0) is 36.5 Å². The van der Waals surface area contributed by atoms with Gasteiger partial charge in [0.05, 0.1) is 0 Å². The fraction of sp³-hybridized carbons (Fsp3) is 0.467. The zero-order valence-corrected chi connectivity index (χ0v) is 11.7. The highest BCUT2D eigenvalue weighted by Gasteiger charge is 2.16. The summed E-state index contributed by atoms with van der Waals surface area (Å²) in [5.74, 6) is -0.820. The molecule has 19 heavy (non-hydrogen) atoms. The molecule has 0 radical (unpaired) electrons. The minimum absolute atomic E-state index is 0.254. The number of carbonyl (C=O) groups is 2. The Morgan fingerprint density at radius 1 is 1.26 bits per heavy atom. The highest BCUT2D eigenvalue weighted by Crippen LogP contribution is 2.23. The fourth-order valence-electron chi connectivity index (χ4n) is 2.18. The van der Waals surface area contributed by atoms with Crippen LogP contribution in [0.4, 0.5) is 0 Å². The lowest BCUT2D eigenvalue weighted by molar-refractivity contribution is -0.137. The van der Waals surface area contributed by atoms with Crippen molar-refractivity contribution < 1.29 is 14.7 Å². The van der Waals surface area contributed by atoms with E-state index >= 15 is 0 Å². The number of benzene rings is 1. The first-order chi connectivity index (χ1) is 8.99. The Hall–Kier alpha value is -1.84. The average molecular weight is 263 g/mol. The monoisotopic (exact) mass is 263 g/mol. The summed E-state index contributed by atoms with van der Waals surface area (Å²) < 4.78 is 0. The largest absolute Gasteiger partial charge is 0.480 e. The van der Waals surface area contributed by atoms with Crippen molar-refractivity contribution in [3.8, 4) is 0 Å². The first kappa shape index (κ1) is 15.2. The molecule has 0 saturated heterocycles. The number of carboxylic acid groups (broad SMARTS) is 1. The van der Waals surface area contributed by atoms with E-state index in [-0.39, 0.29) is 12.5 Å². The van der Waals surface area contributed by atoms with Gasteiger partial charge in [-0.15, -0.1) is 0 Å². The van der Waals surface area contributed by atoms with Crippen LogP contribution in [-0.2, 0) is 4.79 Å². The van der Waals surface area contributed by atoms with E-state index in [1.54, 1.807) is 6.07 Å². The molecule has 0 saturated carbocycles. The van der Waals surface area contributed by atoms with Gasteiger partial charge in [-0.1, -0.05) is 26.0 Å². The van der Waals surface area contributed by atoms with Crippen LogP contribution in [0.25, 0.3) is 0 Å². The smallest absolute Gasteiger partial charge is 0.323 e. The summed E-state index contributed by atoms with van der Waals surface area (Å²) in [6.07, 6.45) is 2.05. The molecule has 0 aliphatic heterocycles. The quantitative estimate of drug-likeness (QED) is 0.858. The van der Waals surface area contributed by atoms with E-state index in [0.717, 1.165) is 18.4 Å². The molecule has 104 valence electrons. The minimum Gasteiger partial charge on any atom is -0.480 e. The highest BCUT2D eigenvalue weighted by atomic mass is 16.4. The van der Waals surface area contributed by atoms with Gasteiger partial charge in [0.15, 0.2) is 0 Å². The summed E-state index contributed by atoms with van der Waals surface area (Å²) in [7, 11) is 1.50. The van der Waals surface area contributed by atoms with Crippen molar-refractivity contribution in [1.29, 1.82) is 0 Å². The third-order valence-electron chi connectivity index (χ3n) is 3.31. The van der Waals surface area contributed by atoms with Gasteiger partial charge in [0.2, 0.25) is 0 Å². The number of hydrogen-bond acceptors (Lipinski definition) is 2. The number of amides is 1. The molecule has 0 aliphatic rings. The lowest BCUT2D eigenvalue weighted by Crippen LogP contribution is -2.31. The van der Waals surface area contributed by atoms with Crippen LogP contribution in [0, 0.1) is 0 Å². The maximum Gasteiger partial charge on any atom is 0.323 e. The Morgan fingerprint density at radius 2 is 1.89 bits per heavy atom. The van der Waals surface area contributed by atoms with Gasteiger partial charge in [0.1, 0.15) is 6.54 Å². The summed E-state index contributed by atoms with van der Waals surface area (Å²) in [5, 5.41) is 8.70. The molecule has 0 fully saturated rings. The molecule has 0 heterocycles. The van der Waals surface area contributed by atoms with Crippen molar-refractivity contribution in [3.05, 3.63) is 35.4 Å². The Morgan fingerprint density at radius 3 is 2.42 bits per heavy atom. The van der Waals surface area contributed by atoms with Crippen molar-refractivity contribution in [2.24, 2.45) is 0 Å². The molecule has 4 nitrogen and oxygen atoms in total. The van der Waals surface area contributed by atoms with E-state index in [2.05, 4.69) is 13.8 Å². The summed E-state index contributed by atoms with van der Waals surface area (Å²) >= 11 is 0. The Bertz CT molecular complexity index is 452. The molecule has 1 rings (SSSR count). The van der Waals surface area contributed by atoms with Crippen molar-refractivity contribution in [1.82, 2.24) is 4.90 Å². The summed E-state index contributed by atoms with van der Waals surface area (Å²) in [6.45, 7) is 3.96. The first-order valence-corrected chi connectivity index (χ1v) is 6.56. The maximum atomic E-state index is 12.1. The lowest BCUT2D eigenvalue weighted by atomic mass is 9.92. The number of aliphatic carboxylic acids is 1. The Kier molecular flexibility index (Phi) is 5.55. The molecule has 1 aromatic carbocycles. The Labute approximate surface area is 114 Å². The molecule has 0 aliphatic carbocycles. The van der Waals surface area contributed by atoms with Crippen molar-refractivity contribution in [3.63, 3.8) is 0 Å². The molecular weight excluding hydrogens is 242 g/mol. The zero-order valence-electron chi connectivity index (χ0n) is 11.7. The van der Waals surface area contributed by atoms with Crippen molar-refractivity contribution >= 4 is 11.9 Å². The van der Waals surface area contributed by atoms with Gasteiger partial charge < -0.3 is 10.0 Å². The summed E-state index contributed by atoms with van der Waals surface area (Å²) in [6, 6.07) is 7.48. The van der Waals surface area contributed by atoms with E-state index in [1.807, 2.05) is 18.2 Å². The van der Waals surface area contributed by atoms with E-state index in [0.29, 0.717) is 11.5 Å². The SMILES string of the molecule is CCC(CC)c1cccc(C(=O)N(C)CC(=O)O)c1. The second-order valence-corrected chi connectivity index (χ2v) is 4.69. The third-order valence-corrected chi connectivity index (χ3v) is 3.31. The molecular formula is C15H21NO3. The minimum atomic E-state index is -1.01. The van der Waals surface area contributed by atoms with Crippen LogP contribution in [0.15, 0.2) is 24.3 Å². The van der Waals surface area contributed by atoms with Gasteiger partial charge in [-0.3, -0.25) is 9.59 Å². The van der Waals surface area contributed by atoms with Gasteiger partial charge in [0.25, 0.3) is 5.91 Å². The molecule has 1 N–H and O–H groups in total. The predicted octanol–water partition coefficient (Wildman–Crippen LogP) is 2.75. The normalized spacial score (nSPS) is 10.5. The van der Waals surface area contributed by atoms with Crippen LogP contribution in [-0.4, -0.2) is 35.5 Å². The average Bonchev–Trinajstić information content (AvgIpc) is 2.39. The van der Waals surface area contributed by atoms with Crippen LogP contribution in [0.2, 0.25) is 0 Å². The molecule has 4 heteroatoms. The van der Waals surface area contributed by atoms with Crippen molar-refractivity contribution in [2.45, 2.75) is 32.6 Å². The highest BCUT2D eigenvalue weighted by molar-refractivity contribution is 5.95. The van der Waals surface area contributed by atoms with E-state index in [4.69, 9.17) is 5.11 Å². The summed E-state index contributed by atoms with van der Waals surface area (Å²) in [4.78, 5) is 23.9. The molecule has 1 aromatic rings. The third kappa shape index (κ3) is 4.09. The molecule has 0 aromatic heterocycles. The topological polar surface area (TPSA) is 57.6 Å². The van der Waals surface area contributed by atoms with Crippen LogP contribution in [0.5, 0.6) is 0 Å².